The first-order valence-corrected chi connectivity index (χ1v) is 16.3. The quantitative estimate of drug-likeness (QED) is 0.163. The Morgan fingerprint density at radius 1 is 0.469 bits per heavy atom. The minimum absolute atomic E-state index is 0.373. The van der Waals surface area contributed by atoms with E-state index in [-0.39, 0.29) is 5.97 Å². The molecule has 0 N–H and O–H groups in total. The Bertz CT molecular complexity index is 2260. The summed E-state index contributed by atoms with van der Waals surface area (Å²) in [5, 5.41) is 0. The fourth-order valence-electron chi connectivity index (χ4n) is 7.84. The molecule has 0 radical (unpaired) electrons. The largest absolute Gasteiger partial charge is 0.497 e. The van der Waals surface area contributed by atoms with Crippen LogP contribution in [0.1, 0.15) is 54.9 Å². The van der Waals surface area contributed by atoms with Crippen LogP contribution in [0.5, 0.6) is 11.5 Å². The third-order valence-electron chi connectivity index (χ3n) is 9.85. The second-order valence-electron chi connectivity index (χ2n) is 12.2. The summed E-state index contributed by atoms with van der Waals surface area (Å²) < 4.78 is 16.5. The molecule has 49 heavy (non-hydrogen) atoms. The van der Waals surface area contributed by atoms with Crippen LogP contribution in [0.15, 0.2) is 152 Å². The molecule has 0 bridgehead atoms. The number of allylic oxidation sites excluding steroid dienone is 2. The van der Waals surface area contributed by atoms with Crippen molar-refractivity contribution in [2.45, 2.75) is 5.41 Å². The number of rotatable bonds is 7. The second kappa shape index (κ2) is 12.1. The van der Waals surface area contributed by atoms with Gasteiger partial charge in [0.05, 0.1) is 32.3 Å². The molecule has 0 amide bonds. The minimum Gasteiger partial charge on any atom is -0.497 e. The Kier molecular flexibility index (Phi) is 7.49. The summed E-state index contributed by atoms with van der Waals surface area (Å²) in [4.78, 5) is 13.3. The fourth-order valence-corrected chi connectivity index (χ4v) is 7.84. The molecular formula is C45H34O4. The SMILES string of the molecule is COC(=O)c1ccc2c(c1)C1(C(c3ccccc3)=C(c3ccccc3)c3ccccc31)C(c1ccc(OC)cc1)=C2c1ccc(OC)cc1. The van der Waals surface area contributed by atoms with Crippen LogP contribution >= 0.6 is 0 Å². The van der Waals surface area contributed by atoms with Crippen molar-refractivity contribution < 1.29 is 19.0 Å². The topological polar surface area (TPSA) is 44.8 Å². The van der Waals surface area contributed by atoms with Crippen LogP contribution in [-0.2, 0) is 10.2 Å². The van der Waals surface area contributed by atoms with E-state index in [1.807, 2.05) is 30.3 Å². The lowest BCUT2D eigenvalue weighted by atomic mass is 9.65. The van der Waals surface area contributed by atoms with Crippen molar-refractivity contribution in [1.29, 1.82) is 0 Å². The molecule has 0 heterocycles. The van der Waals surface area contributed by atoms with Gasteiger partial charge in [0.2, 0.25) is 0 Å². The number of methoxy groups -OCH3 is 3. The van der Waals surface area contributed by atoms with Crippen molar-refractivity contribution >= 4 is 28.3 Å². The Morgan fingerprint density at radius 3 is 1.51 bits per heavy atom. The van der Waals surface area contributed by atoms with Gasteiger partial charge in [0.15, 0.2) is 0 Å². The summed E-state index contributed by atoms with van der Waals surface area (Å²) in [6.45, 7) is 0. The maximum Gasteiger partial charge on any atom is 0.337 e. The van der Waals surface area contributed by atoms with E-state index in [2.05, 4.69) is 121 Å². The highest BCUT2D eigenvalue weighted by Gasteiger charge is 2.55. The lowest BCUT2D eigenvalue weighted by molar-refractivity contribution is 0.0600. The minimum atomic E-state index is -0.813. The van der Waals surface area contributed by atoms with Gasteiger partial charge in [-0.1, -0.05) is 115 Å². The third-order valence-corrected chi connectivity index (χ3v) is 9.85. The van der Waals surface area contributed by atoms with E-state index in [1.165, 1.54) is 12.7 Å². The van der Waals surface area contributed by atoms with Gasteiger partial charge in [0.25, 0.3) is 0 Å². The number of carbonyl (C=O) groups excluding carboxylic acids is 1. The van der Waals surface area contributed by atoms with E-state index in [0.717, 1.165) is 72.7 Å². The summed E-state index contributed by atoms with van der Waals surface area (Å²) in [6, 6.07) is 52.6. The molecular weight excluding hydrogens is 604 g/mol. The van der Waals surface area contributed by atoms with Crippen LogP contribution in [0.3, 0.4) is 0 Å². The molecule has 1 atom stereocenters. The zero-order valence-corrected chi connectivity index (χ0v) is 27.6. The van der Waals surface area contributed by atoms with E-state index in [1.54, 1.807) is 14.2 Å². The molecule has 6 aromatic rings. The smallest absolute Gasteiger partial charge is 0.337 e. The normalized spacial score (nSPS) is 16.1. The van der Waals surface area contributed by atoms with E-state index in [9.17, 15) is 4.79 Å². The van der Waals surface area contributed by atoms with E-state index >= 15 is 0 Å². The van der Waals surface area contributed by atoms with Gasteiger partial charge in [0.1, 0.15) is 11.5 Å². The molecule has 0 aromatic heterocycles. The number of esters is 1. The molecule has 2 aliphatic carbocycles. The molecule has 0 saturated heterocycles. The summed E-state index contributed by atoms with van der Waals surface area (Å²) in [7, 11) is 4.81. The Hall–Kier alpha value is -6.13. The highest BCUT2D eigenvalue weighted by molar-refractivity contribution is 6.23. The lowest BCUT2D eigenvalue weighted by Gasteiger charge is -2.36. The summed E-state index contributed by atoms with van der Waals surface area (Å²) in [5.74, 6) is 1.19. The molecule has 4 heteroatoms. The van der Waals surface area contributed by atoms with Gasteiger partial charge in [-0.25, -0.2) is 4.79 Å². The first-order chi connectivity index (χ1) is 24.1. The van der Waals surface area contributed by atoms with Crippen LogP contribution in [0.25, 0.3) is 22.3 Å². The summed E-state index contributed by atoms with van der Waals surface area (Å²) in [6.07, 6.45) is 0. The van der Waals surface area contributed by atoms with E-state index < -0.39 is 5.41 Å². The van der Waals surface area contributed by atoms with Crippen LogP contribution in [0, 0.1) is 0 Å². The first-order valence-electron chi connectivity index (χ1n) is 16.3. The van der Waals surface area contributed by atoms with Crippen molar-refractivity contribution in [3.05, 3.63) is 202 Å². The molecule has 0 saturated carbocycles. The van der Waals surface area contributed by atoms with Gasteiger partial charge < -0.3 is 14.2 Å². The van der Waals surface area contributed by atoms with Gasteiger partial charge in [-0.2, -0.15) is 0 Å². The highest BCUT2D eigenvalue weighted by Crippen LogP contribution is 2.67. The maximum absolute atomic E-state index is 13.3. The molecule has 0 fully saturated rings. The van der Waals surface area contributed by atoms with Crippen molar-refractivity contribution in [3.8, 4) is 11.5 Å². The first kappa shape index (κ1) is 30.2. The molecule has 0 aliphatic heterocycles. The number of fused-ring (bicyclic) bond motifs is 4. The predicted octanol–water partition coefficient (Wildman–Crippen LogP) is 9.72. The summed E-state index contributed by atoms with van der Waals surface area (Å²) >= 11 is 0. The van der Waals surface area contributed by atoms with Crippen LogP contribution in [-0.4, -0.2) is 27.3 Å². The van der Waals surface area contributed by atoms with E-state index in [4.69, 9.17) is 14.2 Å². The Morgan fingerprint density at radius 2 is 0.939 bits per heavy atom. The lowest BCUT2D eigenvalue weighted by Crippen LogP contribution is -2.28. The molecule has 8 rings (SSSR count). The van der Waals surface area contributed by atoms with Crippen molar-refractivity contribution in [2.24, 2.45) is 0 Å². The average Bonchev–Trinajstić information content (AvgIpc) is 3.65. The molecule has 6 aromatic carbocycles. The molecule has 1 unspecified atom stereocenters. The van der Waals surface area contributed by atoms with Crippen LogP contribution in [0.4, 0.5) is 0 Å². The number of benzene rings is 6. The van der Waals surface area contributed by atoms with Gasteiger partial charge >= 0.3 is 5.97 Å². The van der Waals surface area contributed by atoms with Crippen LogP contribution < -0.4 is 9.47 Å². The molecule has 2 aliphatic rings. The number of hydrogen-bond acceptors (Lipinski definition) is 4. The fraction of sp³-hybridized carbons (Fsp3) is 0.0889. The highest BCUT2D eigenvalue weighted by atomic mass is 16.5. The van der Waals surface area contributed by atoms with Gasteiger partial charge in [0, 0.05) is 0 Å². The Labute approximate surface area is 286 Å². The van der Waals surface area contributed by atoms with Crippen molar-refractivity contribution in [2.75, 3.05) is 21.3 Å². The van der Waals surface area contributed by atoms with Gasteiger partial charge in [-0.05, 0) is 103 Å². The number of ether oxygens (including phenoxy) is 3. The predicted molar refractivity (Wildman–Crippen MR) is 196 cm³/mol. The van der Waals surface area contributed by atoms with Crippen LogP contribution in [0.2, 0.25) is 0 Å². The standard InChI is InChI=1S/C45H34O4/c1-47-34-23-18-30(19-24-34)41-37-27-22-33(44(46)49-3)28-39(37)45(43(41)32-20-25-35(48-2)26-21-32)38-17-11-10-16-36(38)40(29-12-6-4-7-13-29)42(45)31-14-8-5-9-15-31/h4-28H,1-3H3. The van der Waals surface area contributed by atoms with Crippen molar-refractivity contribution in [3.63, 3.8) is 0 Å². The zero-order chi connectivity index (χ0) is 33.5. The van der Waals surface area contributed by atoms with Gasteiger partial charge in [-0.3, -0.25) is 0 Å². The van der Waals surface area contributed by atoms with E-state index in [0.29, 0.717) is 5.56 Å². The average molecular weight is 639 g/mol. The third kappa shape index (κ3) is 4.63. The summed E-state index contributed by atoms with van der Waals surface area (Å²) in [5.41, 5.74) is 13.0. The Balaban J connectivity index is 1.61. The van der Waals surface area contributed by atoms with Gasteiger partial charge in [-0.15, -0.1) is 0 Å². The monoisotopic (exact) mass is 638 g/mol. The van der Waals surface area contributed by atoms with Crippen molar-refractivity contribution in [1.82, 2.24) is 0 Å². The second-order valence-corrected chi connectivity index (χ2v) is 12.2. The maximum atomic E-state index is 13.3. The number of hydrogen-bond donors (Lipinski definition) is 0. The zero-order valence-electron chi connectivity index (χ0n) is 27.6. The molecule has 238 valence electrons. The molecule has 1 spiro atoms. The molecule has 4 nitrogen and oxygen atoms in total. The number of carbonyl (C=O) groups is 1.